The maximum absolute atomic E-state index is 12.1. The molecule has 3 rings (SSSR count). The van der Waals surface area contributed by atoms with Gasteiger partial charge < -0.3 is 20.4 Å². The number of aromatic nitrogens is 1. The van der Waals surface area contributed by atoms with Crippen LogP contribution in [-0.4, -0.2) is 54.7 Å². The maximum atomic E-state index is 12.1. The Bertz CT molecular complexity index is 571. The van der Waals surface area contributed by atoms with Gasteiger partial charge in [-0.25, -0.2) is 9.78 Å². The Labute approximate surface area is 151 Å². The van der Waals surface area contributed by atoms with Gasteiger partial charge in [0.15, 0.2) is 0 Å². The van der Waals surface area contributed by atoms with Gasteiger partial charge in [-0.15, -0.1) is 0 Å². The lowest BCUT2D eigenvalue weighted by Gasteiger charge is -2.34. The number of hydrogen-bond acceptors (Lipinski definition) is 4. The van der Waals surface area contributed by atoms with E-state index in [9.17, 15) is 4.79 Å². The molecule has 6 heteroatoms. The second-order valence-electron chi connectivity index (χ2n) is 7.29. The first-order valence-electron chi connectivity index (χ1n) is 9.62. The molecule has 0 unspecified atom stereocenters. The molecular formula is C19H31N5O. The highest BCUT2D eigenvalue weighted by atomic mass is 16.2. The molecule has 1 saturated carbocycles. The highest BCUT2D eigenvalue weighted by molar-refractivity contribution is 5.74. The Hall–Kier alpha value is -1.82. The van der Waals surface area contributed by atoms with Crippen LogP contribution in [0.2, 0.25) is 0 Å². The van der Waals surface area contributed by atoms with Gasteiger partial charge in [-0.1, -0.05) is 20.3 Å². The monoisotopic (exact) mass is 345 g/mol. The number of pyridine rings is 1. The molecule has 1 aliphatic carbocycles. The fourth-order valence-electron chi connectivity index (χ4n) is 3.80. The zero-order valence-corrected chi connectivity index (χ0v) is 15.5. The number of likely N-dealkylation sites (N-methyl/N-ethyl adjacent to an activating group) is 1. The van der Waals surface area contributed by atoms with E-state index in [1.165, 1.54) is 12.8 Å². The zero-order chi connectivity index (χ0) is 17.6. The molecular weight excluding hydrogens is 314 g/mol. The Balaban J connectivity index is 1.49. The summed E-state index contributed by atoms with van der Waals surface area (Å²) in [6.07, 6.45) is 5.36. The Morgan fingerprint density at radius 2 is 2.08 bits per heavy atom. The van der Waals surface area contributed by atoms with E-state index in [1.54, 1.807) is 0 Å². The minimum Gasteiger partial charge on any atom is -0.354 e. The first-order chi connectivity index (χ1) is 12.2. The van der Waals surface area contributed by atoms with Crippen molar-refractivity contribution in [3.63, 3.8) is 0 Å². The number of anilines is 1. The summed E-state index contributed by atoms with van der Waals surface area (Å²) >= 11 is 0. The average Bonchev–Trinajstić information content (AvgIpc) is 3.05. The molecule has 2 heterocycles. The smallest absolute Gasteiger partial charge is 0.315 e. The Morgan fingerprint density at radius 1 is 1.28 bits per heavy atom. The standard InChI is InChI=1S/C19H31N5O/c1-3-23-9-11-24(12-10-23)18-13-16(7-8-20-18)14-21-19(25)22-17-6-4-5-15(17)2/h7-8,13,15,17H,3-6,9-12,14H2,1-2H3,(H2,21,22,25)/t15-,17-/m1/s1. The van der Waals surface area contributed by atoms with Crippen molar-refractivity contribution in [3.8, 4) is 0 Å². The van der Waals surface area contributed by atoms with Crippen molar-refractivity contribution in [2.75, 3.05) is 37.6 Å². The van der Waals surface area contributed by atoms with Crippen LogP contribution in [0, 0.1) is 5.92 Å². The summed E-state index contributed by atoms with van der Waals surface area (Å²) in [5.74, 6) is 1.60. The van der Waals surface area contributed by atoms with Crippen LogP contribution in [0.5, 0.6) is 0 Å². The van der Waals surface area contributed by atoms with Crippen LogP contribution in [0.1, 0.15) is 38.7 Å². The summed E-state index contributed by atoms with van der Waals surface area (Å²) in [4.78, 5) is 21.4. The van der Waals surface area contributed by atoms with Crippen LogP contribution in [0.4, 0.5) is 10.6 Å². The van der Waals surface area contributed by atoms with Crippen molar-refractivity contribution in [2.45, 2.75) is 45.7 Å². The summed E-state index contributed by atoms with van der Waals surface area (Å²) in [5.41, 5.74) is 1.09. The second kappa shape index (κ2) is 8.52. The SMILES string of the molecule is CCN1CCN(c2cc(CNC(=O)N[C@@H]3CCC[C@H]3C)ccn2)CC1. The van der Waals surface area contributed by atoms with Gasteiger partial charge in [0, 0.05) is 45.0 Å². The predicted molar refractivity (Wildman–Crippen MR) is 101 cm³/mol. The van der Waals surface area contributed by atoms with E-state index in [0.29, 0.717) is 18.5 Å². The summed E-state index contributed by atoms with van der Waals surface area (Å²) in [7, 11) is 0. The topological polar surface area (TPSA) is 60.5 Å². The van der Waals surface area contributed by atoms with Crippen molar-refractivity contribution in [1.82, 2.24) is 20.5 Å². The van der Waals surface area contributed by atoms with Gasteiger partial charge in [-0.3, -0.25) is 0 Å². The summed E-state index contributed by atoms with van der Waals surface area (Å²) < 4.78 is 0. The third-order valence-corrected chi connectivity index (χ3v) is 5.58. The lowest BCUT2D eigenvalue weighted by molar-refractivity contribution is 0.234. The number of urea groups is 1. The number of carbonyl (C=O) groups is 1. The van der Waals surface area contributed by atoms with Gasteiger partial charge in [-0.05, 0) is 43.0 Å². The molecule has 1 saturated heterocycles. The normalized spacial score (nSPS) is 24.3. The first-order valence-corrected chi connectivity index (χ1v) is 9.62. The largest absolute Gasteiger partial charge is 0.354 e. The molecule has 2 amide bonds. The molecule has 6 nitrogen and oxygen atoms in total. The van der Waals surface area contributed by atoms with Gasteiger partial charge in [0.05, 0.1) is 0 Å². The van der Waals surface area contributed by atoms with E-state index >= 15 is 0 Å². The van der Waals surface area contributed by atoms with E-state index in [-0.39, 0.29) is 6.03 Å². The summed E-state index contributed by atoms with van der Waals surface area (Å²) in [6, 6.07) is 4.33. The van der Waals surface area contributed by atoms with Gasteiger partial charge >= 0.3 is 6.03 Å². The molecule has 0 radical (unpaired) electrons. The molecule has 0 bridgehead atoms. The van der Waals surface area contributed by atoms with Crippen molar-refractivity contribution in [1.29, 1.82) is 0 Å². The number of nitrogens with one attached hydrogen (secondary N) is 2. The number of hydrogen-bond donors (Lipinski definition) is 2. The van der Waals surface area contributed by atoms with Crippen LogP contribution in [0.3, 0.4) is 0 Å². The minimum absolute atomic E-state index is 0.0614. The highest BCUT2D eigenvalue weighted by Crippen LogP contribution is 2.24. The molecule has 2 atom stereocenters. The van der Waals surface area contributed by atoms with Crippen molar-refractivity contribution < 1.29 is 4.79 Å². The van der Waals surface area contributed by atoms with Crippen molar-refractivity contribution >= 4 is 11.8 Å². The molecule has 2 fully saturated rings. The average molecular weight is 345 g/mol. The van der Waals surface area contributed by atoms with Crippen LogP contribution in [0.15, 0.2) is 18.3 Å². The molecule has 1 aliphatic heterocycles. The number of amides is 2. The number of nitrogens with zero attached hydrogens (tertiary/aromatic N) is 3. The molecule has 1 aromatic rings. The van der Waals surface area contributed by atoms with E-state index in [0.717, 1.165) is 50.5 Å². The Kier molecular flexibility index (Phi) is 6.13. The van der Waals surface area contributed by atoms with Crippen LogP contribution in [0.25, 0.3) is 0 Å². The van der Waals surface area contributed by atoms with E-state index in [4.69, 9.17) is 0 Å². The van der Waals surface area contributed by atoms with E-state index in [1.807, 2.05) is 12.3 Å². The molecule has 1 aromatic heterocycles. The molecule has 2 N–H and O–H groups in total. The van der Waals surface area contributed by atoms with Gasteiger partial charge in [0.25, 0.3) is 0 Å². The van der Waals surface area contributed by atoms with Crippen molar-refractivity contribution in [2.24, 2.45) is 5.92 Å². The quantitative estimate of drug-likeness (QED) is 0.859. The zero-order valence-electron chi connectivity index (χ0n) is 15.5. The maximum Gasteiger partial charge on any atom is 0.315 e. The second-order valence-corrected chi connectivity index (χ2v) is 7.29. The number of carbonyl (C=O) groups excluding carboxylic acids is 1. The van der Waals surface area contributed by atoms with Crippen LogP contribution >= 0.6 is 0 Å². The van der Waals surface area contributed by atoms with Crippen molar-refractivity contribution in [3.05, 3.63) is 23.9 Å². The lowest BCUT2D eigenvalue weighted by atomic mass is 10.1. The van der Waals surface area contributed by atoms with Crippen LogP contribution < -0.4 is 15.5 Å². The molecule has 0 aromatic carbocycles. The summed E-state index contributed by atoms with van der Waals surface area (Å²) in [5, 5.41) is 6.09. The van der Waals surface area contributed by atoms with E-state index in [2.05, 4.69) is 45.3 Å². The number of rotatable bonds is 5. The predicted octanol–water partition coefficient (Wildman–Crippen LogP) is 2.21. The number of piperazine rings is 1. The van der Waals surface area contributed by atoms with E-state index < -0.39 is 0 Å². The third-order valence-electron chi connectivity index (χ3n) is 5.58. The fourth-order valence-corrected chi connectivity index (χ4v) is 3.80. The van der Waals surface area contributed by atoms with Gasteiger partial charge in [0.1, 0.15) is 5.82 Å². The first kappa shape index (κ1) is 18.0. The summed E-state index contributed by atoms with van der Waals surface area (Å²) in [6.45, 7) is 10.3. The fraction of sp³-hybridized carbons (Fsp3) is 0.684. The van der Waals surface area contributed by atoms with Gasteiger partial charge in [-0.2, -0.15) is 0 Å². The highest BCUT2D eigenvalue weighted by Gasteiger charge is 2.24. The molecule has 25 heavy (non-hydrogen) atoms. The Morgan fingerprint density at radius 3 is 2.76 bits per heavy atom. The molecule has 138 valence electrons. The third kappa shape index (κ3) is 4.84. The molecule has 2 aliphatic rings. The van der Waals surface area contributed by atoms with Crippen LogP contribution in [-0.2, 0) is 6.54 Å². The molecule has 0 spiro atoms. The van der Waals surface area contributed by atoms with Gasteiger partial charge in [0.2, 0.25) is 0 Å². The lowest BCUT2D eigenvalue weighted by Crippen LogP contribution is -2.46. The minimum atomic E-state index is -0.0614.